The number of thiazole rings is 1. The lowest BCUT2D eigenvalue weighted by molar-refractivity contribution is -0.384. The second-order valence-corrected chi connectivity index (χ2v) is 8.66. The van der Waals surface area contributed by atoms with Crippen molar-refractivity contribution in [3.05, 3.63) is 93.3 Å². The van der Waals surface area contributed by atoms with Crippen molar-refractivity contribution in [1.29, 1.82) is 0 Å². The third-order valence-corrected chi connectivity index (χ3v) is 6.62. The number of nitrogens with zero attached hydrogens (tertiary/aromatic N) is 3. The Morgan fingerprint density at radius 2 is 2.16 bits per heavy atom. The predicted octanol–water partition coefficient (Wildman–Crippen LogP) is 2.77. The Morgan fingerprint density at radius 3 is 2.84 bits per heavy atom. The van der Waals surface area contributed by atoms with E-state index < -0.39 is 16.9 Å². The number of allylic oxidation sites excluding steroid dienone is 1. The molecule has 0 spiro atoms. The molecule has 0 bridgehead atoms. The fraction of sp³-hybridized carbons (Fsp3) is 0.190. The molecule has 31 heavy (non-hydrogen) atoms. The Kier molecular flexibility index (Phi) is 5.66. The number of esters is 1. The van der Waals surface area contributed by atoms with Crippen LogP contribution in [-0.2, 0) is 9.53 Å². The average Bonchev–Trinajstić information content (AvgIpc) is 3.36. The number of nitro groups is 1. The lowest BCUT2D eigenvalue weighted by Crippen LogP contribution is -2.39. The summed E-state index contributed by atoms with van der Waals surface area (Å²) in [7, 11) is 0. The van der Waals surface area contributed by atoms with Gasteiger partial charge in [0.15, 0.2) is 4.80 Å². The predicted molar refractivity (Wildman–Crippen MR) is 118 cm³/mol. The zero-order chi connectivity index (χ0) is 22.1. The Hall–Kier alpha value is -3.37. The van der Waals surface area contributed by atoms with Crippen LogP contribution in [0.25, 0.3) is 6.08 Å². The van der Waals surface area contributed by atoms with E-state index >= 15 is 0 Å². The number of nitro benzene ring substituents is 1. The molecule has 0 fully saturated rings. The minimum atomic E-state index is -0.637. The van der Waals surface area contributed by atoms with Crippen LogP contribution < -0.4 is 14.9 Å². The van der Waals surface area contributed by atoms with Crippen molar-refractivity contribution < 1.29 is 14.5 Å². The normalized spacial score (nSPS) is 16.1. The number of aromatic nitrogens is 1. The number of hydrogen-bond acceptors (Lipinski definition) is 8. The number of fused-ring (bicyclic) bond motifs is 1. The number of hydrogen-bond donors (Lipinski definition) is 0. The fourth-order valence-electron chi connectivity index (χ4n) is 3.39. The molecule has 3 aromatic rings. The highest BCUT2D eigenvalue weighted by Crippen LogP contribution is 2.33. The topological polar surface area (TPSA) is 104 Å². The van der Waals surface area contributed by atoms with Crippen molar-refractivity contribution in [3.63, 3.8) is 0 Å². The largest absolute Gasteiger partial charge is 0.463 e. The first-order valence-corrected chi connectivity index (χ1v) is 11.1. The Bertz CT molecular complexity index is 1380. The number of carbonyl (C=O) groups is 1. The zero-order valence-corrected chi connectivity index (χ0v) is 18.2. The van der Waals surface area contributed by atoms with Crippen LogP contribution in [0.15, 0.2) is 62.8 Å². The molecule has 0 amide bonds. The summed E-state index contributed by atoms with van der Waals surface area (Å²) in [6.07, 6.45) is 1.60. The third kappa shape index (κ3) is 3.87. The molecule has 1 aliphatic heterocycles. The highest BCUT2D eigenvalue weighted by Gasteiger charge is 2.33. The smallest absolute Gasteiger partial charge is 0.338 e. The molecular weight excluding hydrogens is 438 g/mol. The van der Waals surface area contributed by atoms with Gasteiger partial charge in [-0.25, -0.2) is 9.79 Å². The van der Waals surface area contributed by atoms with Gasteiger partial charge in [0.1, 0.15) is 6.04 Å². The molecular formula is C21H17N3O5S2. The van der Waals surface area contributed by atoms with Gasteiger partial charge in [0, 0.05) is 17.0 Å². The van der Waals surface area contributed by atoms with E-state index in [1.807, 2.05) is 17.5 Å². The van der Waals surface area contributed by atoms with Gasteiger partial charge in [-0.05, 0) is 36.9 Å². The van der Waals surface area contributed by atoms with Gasteiger partial charge in [0.05, 0.1) is 27.3 Å². The lowest BCUT2D eigenvalue weighted by Gasteiger charge is -2.23. The maximum Gasteiger partial charge on any atom is 0.338 e. The van der Waals surface area contributed by atoms with Gasteiger partial charge in [0.25, 0.3) is 11.2 Å². The molecule has 8 nitrogen and oxygen atoms in total. The van der Waals surface area contributed by atoms with Crippen LogP contribution in [0.1, 0.15) is 30.3 Å². The average molecular weight is 456 g/mol. The van der Waals surface area contributed by atoms with Crippen molar-refractivity contribution in [3.8, 4) is 0 Å². The number of ether oxygens (including phenoxy) is 1. The van der Waals surface area contributed by atoms with Crippen molar-refractivity contribution >= 4 is 40.4 Å². The molecule has 10 heteroatoms. The highest BCUT2D eigenvalue weighted by molar-refractivity contribution is 7.10. The van der Waals surface area contributed by atoms with E-state index in [1.165, 1.54) is 39.4 Å². The maximum atomic E-state index is 13.4. The summed E-state index contributed by atoms with van der Waals surface area (Å²) in [6.45, 7) is 3.66. The molecule has 0 aliphatic carbocycles. The van der Waals surface area contributed by atoms with Gasteiger partial charge in [-0.15, -0.1) is 11.3 Å². The van der Waals surface area contributed by atoms with Crippen molar-refractivity contribution in [2.75, 3.05) is 6.61 Å². The molecule has 4 rings (SSSR count). The minimum absolute atomic E-state index is 0.0570. The Balaban J connectivity index is 1.92. The molecule has 158 valence electrons. The minimum Gasteiger partial charge on any atom is -0.463 e. The molecule has 1 unspecified atom stereocenters. The number of thiophene rings is 1. The summed E-state index contributed by atoms with van der Waals surface area (Å²) in [6, 6.07) is 9.15. The molecule has 3 heterocycles. The van der Waals surface area contributed by atoms with E-state index in [-0.39, 0.29) is 17.9 Å². The van der Waals surface area contributed by atoms with Crippen LogP contribution in [-0.4, -0.2) is 22.1 Å². The monoisotopic (exact) mass is 455 g/mol. The van der Waals surface area contributed by atoms with Crippen LogP contribution >= 0.6 is 22.7 Å². The van der Waals surface area contributed by atoms with E-state index in [4.69, 9.17) is 4.74 Å². The van der Waals surface area contributed by atoms with Gasteiger partial charge >= 0.3 is 5.97 Å². The molecule has 1 aliphatic rings. The molecule has 1 aromatic carbocycles. The fourth-order valence-corrected chi connectivity index (χ4v) is 5.26. The first kappa shape index (κ1) is 20.9. The quantitative estimate of drug-likeness (QED) is 0.334. The summed E-state index contributed by atoms with van der Waals surface area (Å²) in [5.74, 6) is -0.505. The van der Waals surface area contributed by atoms with Gasteiger partial charge in [-0.2, -0.15) is 0 Å². The summed E-state index contributed by atoms with van der Waals surface area (Å²) < 4.78 is 7.11. The van der Waals surface area contributed by atoms with Gasteiger partial charge in [-0.3, -0.25) is 19.5 Å². The van der Waals surface area contributed by atoms with Crippen LogP contribution in [0, 0.1) is 10.1 Å². The third-order valence-electron chi connectivity index (χ3n) is 4.71. The summed E-state index contributed by atoms with van der Waals surface area (Å²) >= 11 is 2.62. The molecule has 1 atom stereocenters. The van der Waals surface area contributed by atoms with E-state index in [0.29, 0.717) is 26.2 Å². The molecule has 2 aromatic heterocycles. The summed E-state index contributed by atoms with van der Waals surface area (Å²) in [4.78, 5) is 42.4. The Morgan fingerprint density at radius 1 is 1.35 bits per heavy atom. The second-order valence-electron chi connectivity index (χ2n) is 6.67. The van der Waals surface area contributed by atoms with Crippen molar-refractivity contribution in [2.45, 2.75) is 19.9 Å². The SMILES string of the molecule is CCOC(=O)C1=C(C)N=c2s/c(=C\c3cccc([N+](=O)[O-])c3)c(=O)n2C1c1cccs1. The molecule has 0 saturated carbocycles. The highest BCUT2D eigenvalue weighted by atomic mass is 32.1. The van der Waals surface area contributed by atoms with Crippen LogP contribution in [0.2, 0.25) is 0 Å². The summed E-state index contributed by atoms with van der Waals surface area (Å²) in [5.41, 5.74) is 0.994. The number of benzene rings is 1. The van der Waals surface area contributed by atoms with E-state index in [9.17, 15) is 19.7 Å². The number of non-ortho nitro benzene ring substituents is 1. The van der Waals surface area contributed by atoms with Crippen LogP contribution in [0.4, 0.5) is 5.69 Å². The summed E-state index contributed by atoms with van der Waals surface area (Å²) in [5, 5.41) is 12.9. The van der Waals surface area contributed by atoms with E-state index in [1.54, 1.807) is 32.1 Å². The van der Waals surface area contributed by atoms with E-state index in [2.05, 4.69) is 4.99 Å². The lowest BCUT2D eigenvalue weighted by atomic mass is 10.0. The van der Waals surface area contributed by atoms with Crippen molar-refractivity contribution in [1.82, 2.24) is 4.57 Å². The van der Waals surface area contributed by atoms with Gasteiger partial charge in [-0.1, -0.05) is 29.5 Å². The van der Waals surface area contributed by atoms with Gasteiger partial charge in [0.2, 0.25) is 0 Å². The van der Waals surface area contributed by atoms with E-state index in [0.717, 1.165) is 4.88 Å². The van der Waals surface area contributed by atoms with Crippen LogP contribution in [0.3, 0.4) is 0 Å². The van der Waals surface area contributed by atoms with Crippen LogP contribution in [0.5, 0.6) is 0 Å². The second kappa shape index (κ2) is 8.40. The van der Waals surface area contributed by atoms with Gasteiger partial charge < -0.3 is 4.74 Å². The van der Waals surface area contributed by atoms with Crippen molar-refractivity contribution in [2.24, 2.45) is 4.99 Å². The molecule has 0 saturated heterocycles. The zero-order valence-electron chi connectivity index (χ0n) is 16.6. The molecule has 0 radical (unpaired) electrons. The molecule has 0 N–H and O–H groups in total. The number of rotatable bonds is 5. The maximum absolute atomic E-state index is 13.4. The first-order chi connectivity index (χ1) is 14.9. The number of carbonyl (C=O) groups excluding carboxylic acids is 1. The first-order valence-electron chi connectivity index (χ1n) is 9.38. The Labute approximate surface area is 184 Å². The standard InChI is InChI=1S/C21H17N3O5S2/c1-3-29-20(26)17-12(2)22-21-23(18(17)15-8-5-9-30-15)19(25)16(31-21)11-13-6-4-7-14(10-13)24(27)28/h4-11,18H,3H2,1-2H3/b16-11-.